The number of carbonyl (C=O) groups excluding carboxylic acids is 3. The summed E-state index contributed by atoms with van der Waals surface area (Å²) in [6, 6.07) is 18.3. The van der Waals surface area contributed by atoms with E-state index in [0.29, 0.717) is 43.1 Å². The number of carbonyl (C=O) groups is 3. The third-order valence-electron chi connectivity index (χ3n) is 6.13. The first kappa shape index (κ1) is 31.4. The van der Waals surface area contributed by atoms with Gasteiger partial charge >= 0.3 is 17.9 Å². The molecule has 0 aromatic heterocycles. The SMILES string of the molecule is C=CC(=O)OCCCCOc1ccc(C(=O)Oc2ccc(C(=O)Oc3ccc(CCCCCC)cc3)c(Cl)c2)cc1. The van der Waals surface area contributed by atoms with Crippen LogP contribution in [0.25, 0.3) is 0 Å². The molecule has 216 valence electrons. The van der Waals surface area contributed by atoms with Gasteiger partial charge in [0.15, 0.2) is 0 Å². The zero-order valence-electron chi connectivity index (χ0n) is 23.2. The second kappa shape index (κ2) is 16.9. The molecule has 7 nitrogen and oxygen atoms in total. The van der Waals surface area contributed by atoms with Gasteiger partial charge in [0, 0.05) is 12.1 Å². The minimum absolute atomic E-state index is 0.107. The molecule has 0 N–H and O–H groups in total. The Balaban J connectivity index is 1.46. The van der Waals surface area contributed by atoms with Gasteiger partial charge in [-0.15, -0.1) is 0 Å². The molecule has 0 unspecified atom stereocenters. The normalized spacial score (nSPS) is 10.5. The second-order valence-electron chi connectivity index (χ2n) is 9.33. The molecule has 0 aliphatic heterocycles. The number of hydrogen-bond acceptors (Lipinski definition) is 7. The molecule has 0 saturated carbocycles. The van der Waals surface area contributed by atoms with Crippen molar-refractivity contribution >= 4 is 29.5 Å². The summed E-state index contributed by atoms with van der Waals surface area (Å²) in [5, 5.41) is 0.107. The maximum Gasteiger partial charge on any atom is 0.345 e. The minimum Gasteiger partial charge on any atom is -0.494 e. The topological polar surface area (TPSA) is 88.1 Å². The van der Waals surface area contributed by atoms with E-state index in [0.717, 1.165) is 18.9 Å². The van der Waals surface area contributed by atoms with Gasteiger partial charge in [-0.2, -0.15) is 0 Å². The van der Waals surface area contributed by atoms with E-state index in [1.54, 1.807) is 36.4 Å². The van der Waals surface area contributed by atoms with Crippen molar-refractivity contribution in [2.24, 2.45) is 0 Å². The van der Waals surface area contributed by atoms with E-state index < -0.39 is 17.9 Å². The molecule has 0 fully saturated rings. The Labute approximate surface area is 246 Å². The van der Waals surface area contributed by atoms with Crippen LogP contribution in [0, 0.1) is 0 Å². The van der Waals surface area contributed by atoms with Gasteiger partial charge in [-0.3, -0.25) is 0 Å². The van der Waals surface area contributed by atoms with Crippen LogP contribution in [0.15, 0.2) is 79.4 Å². The monoisotopic (exact) mass is 578 g/mol. The first-order valence-corrected chi connectivity index (χ1v) is 14.1. The summed E-state index contributed by atoms with van der Waals surface area (Å²) in [5.74, 6) is -0.406. The number of esters is 3. The third kappa shape index (κ3) is 10.8. The Morgan fingerprint density at radius 2 is 1.41 bits per heavy atom. The van der Waals surface area contributed by atoms with Crippen molar-refractivity contribution in [3.63, 3.8) is 0 Å². The molecule has 3 aromatic carbocycles. The van der Waals surface area contributed by atoms with Gasteiger partial charge < -0.3 is 18.9 Å². The molecule has 0 radical (unpaired) electrons. The molecular weight excluding hydrogens is 544 g/mol. The van der Waals surface area contributed by atoms with E-state index in [4.69, 9.17) is 30.5 Å². The number of hydrogen-bond donors (Lipinski definition) is 0. The van der Waals surface area contributed by atoms with Crippen LogP contribution in [0.2, 0.25) is 5.02 Å². The number of ether oxygens (including phenoxy) is 4. The Hall–Kier alpha value is -4.10. The fourth-order valence-corrected chi connectivity index (χ4v) is 4.09. The Kier molecular flexibility index (Phi) is 12.9. The largest absolute Gasteiger partial charge is 0.494 e. The van der Waals surface area contributed by atoms with Crippen molar-refractivity contribution in [3.05, 3.63) is 101 Å². The Morgan fingerprint density at radius 1 is 0.756 bits per heavy atom. The van der Waals surface area contributed by atoms with Crippen molar-refractivity contribution in [2.45, 2.75) is 51.9 Å². The van der Waals surface area contributed by atoms with Crippen LogP contribution >= 0.6 is 11.6 Å². The van der Waals surface area contributed by atoms with Gasteiger partial charge in [0.25, 0.3) is 0 Å². The lowest BCUT2D eigenvalue weighted by Gasteiger charge is -2.10. The van der Waals surface area contributed by atoms with Crippen molar-refractivity contribution in [2.75, 3.05) is 13.2 Å². The summed E-state index contributed by atoms with van der Waals surface area (Å²) >= 11 is 6.31. The van der Waals surface area contributed by atoms with Crippen molar-refractivity contribution < 1.29 is 33.3 Å². The lowest BCUT2D eigenvalue weighted by atomic mass is 10.1. The van der Waals surface area contributed by atoms with Gasteiger partial charge in [0.05, 0.1) is 29.4 Å². The Bertz CT molecular complexity index is 1300. The first-order valence-electron chi connectivity index (χ1n) is 13.7. The average Bonchev–Trinajstić information content (AvgIpc) is 2.98. The van der Waals surface area contributed by atoms with Crippen LogP contribution in [0.5, 0.6) is 17.2 Å². The van der Waals surface area contributed by atoms with E-state index in [1.807, 2.05) is 12.1 Å². The van der Waals surface area contributed by atoms with Crippen molar-refractivity contribution in [3.8, 4) is 17.2 Å². The highest BCUT2D eigenvalue weighted by atomic mass is 35.5. The van der Waals surface area contributed by atoms with Crippen LogP contribution < -0.4 is 14.2 Å². The zero-order chi connectivity index (χ0) is 29.5. The number of aryl methyl sites for hydroxylation is 1. The summed E-state index contributed by atoms with van der Waals surface area (Å²) in [7, 11) is 0. The quantitative estimate of drug-likeness (QED) is 0.0741. The zero-order valence-corrected chi connectivity index (χ0v) is 24.0. The highest BCUT2D eigenvalue weighted by Crippen LogP contribution is 2.25. The van der Waals surface area contributed by atoms with Gasteiger partial charge in [0.1, 0.15) is 17.2 Å². The summed E-state index contributed by atoms with van der Waals surface area (Å²) in [5.41, 5.74) is 1.69. The highest BCUT2D eigenvalue weighted by Gasteiger charge is 2.16. The molecule has 0 aliphatic carbocycles. The molecule has 0 amide bonds. The first-order chi connectivity index (χ1) is 19.9. The minimum atomic E-state index is -0.600. The number of benzene rings is 3. The smallest absolute Gasteiger partial charge is 0.345 e. The van der Waals surface area contributed by atoms with E-state index in [1.165, 1.54) is 43.0 Å². The maximum absolute atomic E-state index is 12.7. The lowest BCUT2D eigenvalue weighted by Crippen LogP contribution is -2.11. The van der Waals surface area contributed by atoms with Crippen LogP contribution in [-0.4, -0.2) is 31.1 Å². The van der Waals surface area contributed by atoms with E-state index in [-0.39, 0.29) is 16.3 Å². The lowest BCUT2D eigenvalue weighted by molar-refractivity contribution is -0.137. The molecule has 0 aliphatic rings. The molecule has 0 heterocycles. The molecule has 8 heteroatoms. The Morgan fingerprint density at radius 3 is 2.10 bits per heavy atom. The molecule has 3 aromatic rings. The van der Waals surface area contributed by atoms with Crippen molar-refractivity contribution in [1.29, 1.82) is 0 Å². The predicted molar refractivity (Wildman–Crippen MR) is 158 cm³/mol. The maximum atomic E-state index is 12.7. The number of rotatable bonds is 16. The van der Waals surface area contributed by atoms with Crippen LogP contribution in [0.4, 0.5) is 0 Å². The molecule has 3 rings (SSSR count). The molecule has 41 heavy (non-hydrogen) atoms. The van der Waals surface area contributed by atoms with E-state index >= 15 is 0 Å². The number of halogens is 1. The van der Waals surface area contributed by atoms with Gasteiger partial charge in [-0.1, -0.05) is 56.5 Å². The third-order valence-corrected chi connectivity index (χ3v) is 6.45. The van der Waals surface area contributed by atoms with Gasteiger partial charge in [-0.05, 0) is 79.8 Å². The van der Waals surface area contributed by atoms with Crippen LogP contribution in [-0.2, 0) is 16.0 Å². The standard InChI is InChI=1S/C33H35ClO7/c1-3-5-6-7-10-24-11-15-27(16-12-24)40-33(37)29-20-19-28(23-30(29)34)41-32(36)25-13-17-26(18-14-25)38-21-8-9-22-39-31(35)4-2/h4,11-20,23H,2-3,5-10,21-22H2,1H3. The van der Waals surface area contributed by atoms with Gasteiger partial charge in [0.2, 0.25) is 0 Å². The summed E-state index contributed by atoms with van der Waals surface area (Å²) in [6.45, 7) is 6.27. The second-order valence-corrected chi connectivity index (χ2v) is 9.73. The number of unbranched alkanes of at least 4 members (excludes halogenated alkanes) is 4. The van der Waals surface area contributed by atoms with E-state index in [2.05, 4.69) is 13.5 Å². The summed E-state index contributed by atoms with van der Waals surface area (Å²) < 4.78 is 21.4. The molecule has 0 spiro atoms. The molecule has 0 saturated heterocycles. The fraction of sp³-hybridized carbons (Fsp3) is 0.303. The molecular formula is C33H35ClO7. The molecule has 0 bridgehead atoms. The summed E-state index contributed by atoms with van der Waals surface area (Å²) in [6.07, 6.45) is 8.26. The van der Waals surface area contributed by atoms with Crippen LogP contribution in [0.1, 0.15) is 71.7 Å². The van der Waals surface area contributed by atoms with E-state index in [9.17, 15) is 14.4 Å². The summed E-state index contributed by atoms with van der Waals surface area (Å²) in [4.78, 5) is 36.3. The average molecular weight is 579 g/mol. The predicted octanol–water partition coefficient (Wildman–Crippen LogP) is 7.79. The highest BCUT2D eigenvalue weighted by molar-refractivity contribution is 6.33. The van der Waals surface area contributed by atoms with Gasteiger partial charge in [-0.25, -0.2) is 14.4 Å². The van der Waals surface area contributed by atoms with Crippen LogP contribution in [0.3, 0.4) is 0 Å². The molecule has 0 atom stereocenters. The van der Waals surface area contributed by atoms with Crippen molar-refractivity contribution in [1.82, 2.24) is 0 Å². The fourth-order valence-electron chi connectivity index (χ4n) is 3.85.